The Balaban J connectivity index is 2.10. The Labute approximate surface area is 136 Å². The van der Waals surface area contributed by atoms with E-state index >= 15 is 0 Å². The summed E-state index contributed by atoms with van der Waals surface area (Å²) in [5, 5.41) is 15.3. The third-order valence-electron chi connectivity index (χ3n) is 2.81. The maximum absolute atomic E-state index is 11.2. The summed E-state index contributed by atoms with van der Waals surface area (Å²) >= 11 is 5.93. The molecule has 8 heteroatoms. The van der Waals surface area contributed by atoms with Gasteiger partial charge in [0.15, 0.2) is 0 Å². The molecule has 1 heterocycles. The van der Waals surface area contributed by atoms with Crippen LogP contribution in [0.25, 0.3) is 11.3 Å². The minimum absolute atomic E-state index is 0.0231. The van der Waals surface area contributed by atoms with Crippen LogP contribution in [0.3, 0.4) is 0 Å². The van der Waals surface area contributed by atoms with Gasteiger partial charge in [-0.05, 0) is 31.2 Å². The van der Waals surface area contributed by atoms with E-state index in [1.54, 1.807) is 25.1 Å². The quantitative estimate of drug-likeness (QED) is 0.577. The molecule has 0 bridgehead atoms. The molecule has 1 aromatic carbocycles. The van der Waals surface area contributed by atoms with Gasteiger partial charge in [-0.3, -0.25) is 0 Å². The normalized spacial score (nSPS) is 10.7. The number of nitrogens with one attached hydrogen (secondary N) is 2. The Morgan fingerprint density at radius 2 is 2.13 bits per heavy atom. The number of carbonyl (C=O) groups excluding carboxylic acids is 1. The fraction of sp³-hybridized carbons (Fsp3) is 0.133. The highest BCUT2D eigenvalue weighted by Crippen LogP contribution is 2.27. The Bertz CT molecular complexity index is 755. The van der Waals surface area contributed by atoms with Crippen LogP contribution in [0.2, 0.25) is 5.02 Å². The second kappa shape index (κ2) is 7.46. The van der Waals surface area contributed by atoms with E-state index in [2.05, 4.69) is 15.8 Å². The van der Waals surface area contributed by atoms with Crippen LogP contribution >= 0.6 is 11.6 Å². The highest BCUT2D eigenvalue weighted by atomic mass is 35.5. The molecule has 120 valence electrons. The van der Waals surface area contributed by atoms with Crippen LogP contribution in [-0.2, 0) is 0 Å². The number of carboxylic acids is 1. The molecule has 0 aliphatic carbocycles. The van der Waals surface area contributed by atoms with Gasteiger partial charge in [-0.1, -0.05) is 17.7 Å². The number of halogens is 1. The summed E-state index contributed by atoms with van der Waals surface area (Å²) in [7, 11) is 0. The van der Waals surface area contributed by atoms with Gasteiger partial charge in [0.1, 0.15) is 11.5 Å². The third kappa shape index (κ3) is 4.33. The molecular weight excluding hydrogens is 322 g/mol. The average Bonchev–Trinajstić information content (AvgIpc) is 2.96. The van der Waals surface area contributed by atoms with E-state index in [1.165, 1.54) is 18.3 Å². The van der Waals surface area contributed by atoms with Gasteiger partial charge in [0.25, 0.3) is 0 Å². The number of carbonyl (C=O) groups is 2. The van der Waals surface area contributed by atoms with Crippen LogP contribution in [0.5, 0.6) is 0 Å². The van der Waals surface area contributed by atoms with Crippen LogP contribution in [-0.4, -0.2) is 29.9 Å². The van der Waals surface area contributed by atoms with Crippen molar-refractivity contribution in [3.8, 4) is 11.3 Å². The van der Waals surface area contributed by atoms with E-state index in [-0.39, 0.29) is 10.6 Å². The van der Waals surface area contributed by atoms with Gasteiger partial charge in [0, 0.05) is 12.1 Å². The smallest absolute Gasteiger partial charge is 0.337 e. The molecule has 2 rings (SSSR count). The molecule has 7 nitrogen and oxygen atoms in total. The second-order valence-electron chi connectivity index (χ2n) is 4.43. The van der Waals surface area contributed by atoms with E-state index in [0.29, 0.717) is 23.6 Å². The summed E-state index contributed by atoms with van der Waals surface area (Å²) in [6.45, 7) is 2.29. The summed E-state index contributed by atoms with van der Waals surface area (Å²) in [5.41, 5.74) is 2.94. The zero-order valence-corrected chi connectivity index (χ0v) is 12.9. The van der Waals surface area contributed by atoms with Crippen molar-refractivity contribution in [3.63, 3.8) is 0 Å². The van der Waals surface area contributed by atoms with Gasteiger partial charge in [-0.2, -0.15) is 5.10 Å². The number of hydrazone groups is 1. The van der Waals surface area contributed by atoms with Gasteiger partial charge < -0.3 is 14.8 Å². The Kier molecular flexibility index (Phi) is 5.37. The van der Waals surface area contributed by atoms with Crippen molar-refractivity contribution in [2.75, 3.05) is 6.54 Å². The van der Waals surface area contributed by atoms with Gasteiger partial charge >= 0.3 is 12.0 Å². The molecule has 0 saturated heterocycles. The molecule has 0 aliphatic rings. The fourth-order valence-corrected chi connectivity index (χ4v) is 2.04. The average molecular weight is 336 g/mol. The predicted octanol–water partition coefficient (Wildman–Crippen LogP) is 2.95. The van der Waals surface area contributed by atoms with Crippen molar-refractivity contribution in [2.24, 2.45) is 5.10 Å². The van der Waals surface area contributed by atoms with Crippen LogP contribution in [0.4, 0.5) is 4.79 Å². The van der Waals surface area contributed by atoms with E-state index in [4.69, 9.17) is 21.1 Å². The highest BCUT2D eigenvalue weighted by Gasteiger charge is 2.11. The molecule has 0 atom stereocenters. The van der Waals surface area contributed by atoms with Crippen LogP contribution in [0.1, 0.15) is 23.0 Å². The van der Waals surface area contributed by atoms with Gasteiger partial charge in [0.05, 0.1) is 16.8 Å². The summed E-state index contributed by atoms with van der Waals surface area (Å²) in [6, 6.07) is 7.47. The molecule has 0 fully saturated rings. The zero-order chi connectivity index (χ0) is 16.8. The van der Waals surface area contributed by atoms with Crippen molar-refractivity contribution < 1.29 is 19.1 Å². The van der Waals surface area contributed by atoms with E-state index in [0.717, 1.165) is 0 Å². The van der Waals surface area contributed by atoms with Gasteiger partial charge in [0.2, 0.25) is 0 Å². The number of hydrogen-bond donors (Lipinski definition) is 3. The minimum atomic E-state index is -1.09. The molecule has 2 aromatic rings. The molecule has 1 aromatic heterocycles. The largest absolute Gasteiger partial charge is 0.478 e. The standard InChI is InChI=1S/C15H14ClN3O4/c1-2-17-15(22)19-18-8-10-4-6-13(23-10)9-3-5-11(14(20)21)12(16)7-9/h3-8H,2H2,1H3,(H,20,21)(H2,17,19,22)/b18-8+. The molecule has 0 saturated carbocycles. The highest BCUT2D eigenvalue weighted by molar-refractivity contribution is 6.33. The fourth-order valence-electron chi connectivity index (χ4n) is 1.77. The van der Waals surface area contributed by atoms with Gasteiger partial charge in [-0.15, -0.1) is 0 Å². The first-order valence-corrected chi connectivity index (χ1v) is 7.09. The minimum Gasteiger partial charge on any atom is -0.478 e. The molecule has 0 radical (unpaired) electrons. The van der Waals surface area contributed by atoms with Crippen molar-refractivity contribution in [3.05, 3.63) is 46.7 Å². The van der Waals surface area contributed by atoms with Crippen molar-refractivity contribution in [1.82, 2.24) is 10.7 Å². The first kappa shape index (κ1) is 16.6. The molecule has 3 N–H and O–H groups in total. The summed E-state index contributed by atoms with van der Waals surface area (Å²) in [5.74, 6) is -0.163. The summed E-state index contributed by atoms with van der Waals surface area (Å²) < 4.78 is 5.54. The van der Waals surface area contributed by atoms with Crippen molar-refractivity contribution in [1.29, 1.82) is 0 Å². The van der Waals surface area contributed by atoms with E-state index < -0.39 is 12.0 Å². The lowest BCUT2D eigenvalue weighted by atomic mass is 10.1. The van der Waals surface area contributed by atoms with Crippen LogP contribution < -0.4 is 10.7 Å². The lowest BCUT2D eigenvalue weighted by Gasteiger charge is -2.01. The topological polar surface area (TPSA) is 104 Å². The molecule has 0 spiro atoms. The molecule has 0 aliphatic heterocycles. The monoisotopic (exact) mass is 335 g/mol. The molecule has 2 amide bonds. The molecule has 0 unspecified atom stereocenters. The second-order valence-corrected chi connectivity index (χ2v) is 4.84. The van der Waals surface area contributed by atoms with E-state index in [1.807, 2.05) is 0 Å². The number of furan rings is 1. The lowest BCUT2D eigenvalue weighted by molar-refractivity contribution is 0.0697. The Morgan fingerprint density at radius 1 is 1.35 bits per heavy atom. The molecule has 23 heavy (non-hydrogen) atoms. The third-order valence-corrected chi connectivity index (χ3v) is 3.12. The van der Waals surface area contributed by atoms with Crippen LogP contribution in [0.15, 0.2) is 39.9 Å². The first-order valence-electron chi connectivity index (χ1n) is 6.71. The maximum Gasteiger partial charge on any atom is 0.337 e. The maximum atomic E-state index is 11.2. The first-order chi connectivity index (χ1) is 11.0. The van der Waals surface area contributed by atoms with E-state index in [9.17, 15) is 9.59 Å². The lowest BCUT2D eigenvalue weighted by Crippen LogP contribution is -2.31. The number of carboxylic acid groups (broad SMARTS) is 1. The number of aromatic carboxylic acids is 1. The number of rotatable bonds is 5. The number of nitrogens with zero attached hydrogens (tertiary/aromatic N) is 1. The zero-order valence-electron chi connectivity index (χ0n) is 12.2. The number of amides is 2. The van der Waals surface area contributed by atoms with Crippen molar-refractivity contribution >= 4 is 29.8 Å². The SMILES string of the molecule is CCNC(=O)N/N=C/c1ccc(-c2ccc(C(=O)O)c(Cl)c2)o1. The number of urea groups is 1. The summed E-state index contributed by atoms with van der Waals surface area (Å²) in [6.07, 6.45) is 1.35. The summed E-state index contributed by atoms with van der Waals surface area (Å²) in [4.78, 5) is 22.1. The van der Waals surface area contributed by atoms with Crippen LogP contribution in [0, 0.1) is 0 Å². The van der Waals surface area contributed by atoms with Crippen molar-refractivity contribution in [2.45, 2.75) is 6.92 Å². The predicted molar refractivity (Wildman–Crippen MR) is 85.9 cm³/mol. The molecular formula is C15H14ClN3O4. The Morgan fingerprint density at radius 3 is 2.78 bits per heavy atom. The van der Waals surface area contributed by atoms with Gasteiger partial charge in [-0.25, -0.2) is 15.0 Å². The number of hydrogen-bond acceptors (Lipinski definition) is 4. The number of benzene rings is 1. The Hall–Kier alpha value is -2.80.